The van der Waals surface area contributed by atoms with Crippen molar-refractivity contribution in [1.82, 2.24) is 0 Å². The maximum atomic E-state index is 2.36. The summed E-state index contributed by atoms with van der Waals surface area (Å²) in [6.07, 6.45) is 2.52. The molecule has 0 amide bonds. The lowest BCUT2D eigenvalue weighted by molar-refractivity contribution is 0.319. The SMILES string of the molecule is CC(C)(C)C1CCc2c(-c3ccccc3)cccc21. The van der Waals surface area contributed by atoms with Crippen molar-refractivity contribution in [2.45, 2.75) is 39.5 Å². The van der Waals surface area contributed by atoms with Crippen LogP contribution in [0.2, 0.25) is 0 Å². The summed E-state index contributed by atoms with van der Waals surface area (Å²) in [7, 11) is 0. The minimum absolute atomic E-state index is 0.362. The van der Waals surface area contributed by atoms with Crippen LogP contribution in [0.15, 0.2) is 48.5 Å². The monoisotopic (exact) mass is 250 g/mol. The Morgan fingerprint density at radius 1 is 0.895 bits per heavy atom. The number of fused-ring (bicyclic) bond motifs is 1. The molecular formula is C19H22. The summed E-state index contributed by atoms with van der Waals surface area (Å²) < 4.78 is 0. The van der Waals surface area contributed by atoms with E-state index in [0.717, 1.165) is 0 Å². The lowest BCUT2D eigenvalue weighted by atomic mass is 9.77. The Morgan fingerprint density at radius 3 is 2.32 bits per heavy atom. The van der Waals surface area contributed by atoms with Crippen LogP contribution in [-0.4, -0.2) is 0 Å². The van der Waals surface area contributed by atoms with Crippen molar-refractivity contribution < 1.29 is 0 Å². The Hall–Kier alpha value is -1.56. The molecule has 2 aromatic carbocycles. The van der Waals surface area contributed by atoms with E-state index in [1.54, 1.807) is 11.1 Å². The molecule has 0 heteroatoms. The fraction of sp³-hybridized carbons (Fsp3) is 0.368. The van der Waals surface area contributed by atoms with Crippen LogP contribution < -0.4 is 0 Å². The highest BCUT2D eigenvalue weighted by molar-refractivity contribution is 5.70. The van der Waals surface area contributed by atoms with E-state index in [0.29, 0.717) is 11.3 Å². The lowest BCUT2D eigenvalue weighted by Gasteiger charge is -2.28. The zero-order valence-electron chi connectivity index (χ0n) is 12.1. The topological polar surface area (TPSA) is 0 Å². The fourth-order valence-corrected chi connectivity index (χ4v) is 3.44. The van der Waals surface area contributed by atoms with Crippen LogP contribution in [0, 0.1) is 5.41 Å². The van der Waals surface area contributed by atoms with Gasteiger partial charge in [0.1, 0.15) is 0 Å². The van der Waals surface area contributed by atoms with Crippen LogP contribution in [-0.2, 0) is 6.42 Å². The molecule has 0 aromatic heterocycles. The first-order valence-electron chi connectivity index (χ1n) is 7.24. The van der Waals surface area contributed by atoms with Crippen molar-refractivity contribution in [2.75, 3.05) is 0 Å². The predicted octanol–water partition coefficient (Wildman–Crippen LogP) is 5.43. The second-order valence-corrected chi connectivity index (χ2v) is 6.70. The highest BCUT2D eigenvalue weighted by Gasteiger charge is 2.33. The molecule has 0 saturated carbocycles. The lowest BCUT2D eigenvalue weighted by Crippen LogP contribution is -2.15. The molecule has 0 bridgehead atoms. The molecule has 0 fully saturated rings. The van der Waals surface area contributed by atoms with Gasteiger partial charge in [-0.3, -0.25) is 0 Å². The van der Waals surface area contributed by atoms with Gasteiger partial charge in [-0.15, -0.1) is 0 Å². The van der Waals surface area contributed by atoms with E-state index in [1.807, 2.05) is 0 Å². The molecule has 1 aliphatic carbocycles. The molecule has 19 heavy (non-hydrogen) atoms. The Balaban J connectivity index is 2.10. The summed E-state index contributed by atoms with van der Waals surface area (Å²) in [5, 5.41) is 0. The van der Waals surface area contributed by atoms with Crippen molar-refractivity contribution in [2.24, 2.45) is 5.41 Å². The minimum atomic E-state index is 0.362. The van der Waals surface area contributed by atoms with Gasteiger partial charge in [0.05, 0.1) is 0 Å². The van der Waals surface area contributed by atoms with Crippen molar-refractivity contribution >= 4 is 0 Å². The summed E-state index contributed by atoms with van der Waals surface area (Å²) >= 11 is 0. The second-order valence-electron chi connectivity index (χ2n) is 6.70. The standard InChI is InChI=1S/C19H22/c1-19(2,3)18-13-12-16-15(10-7-11-17(16)18)14-8-5-4-6-9-14/h4-11,18H,12-13H2,1-3H3. The summed E-state index contributed by atoms with van der Waals surface area (Å²) in [6.45, 7) is 7.09. The molecule has 1 unspecified atom stereocenters. The van der Waals surface area contributed by atoms with E-state index < -0.39 is 0 Å². The quantitative estimate of drug-likeness (QED) is 0.633. The molecule has 0 nitrogen and oxygen atoms in total. The Morgan fingerprint density at radius 2 is 1.63 bits per heavy atom. The van der Waals surface area contributed by atoms with Gasteiger partial charge < -0.3 is 0 Å². The fourth-order valence-electron chi connectivity index (χ4n) is 3.44. The van der Waals surface area contributed by atoms with Crippen molar-refractivity contribution in [1.29, 1.82) is 0 Å². The van der Waals surface area contributed by atoms with Gasteiger partial charge in [-0.2, -0.15) is 0 Å². The highest BCUT2D eigenvalue weighted by Crippen LogP contribution is 2.47. The molecule has 3 rings (SSSR count). The molecule has 98 valence electrons. The first-order chi connectivity index (χ1) is 9.07. The van der Waals surface area contributed by atoms with Crippen LogP contribution >= 0.6 is 0 Å². The van der Waals surface area contributed by atoms with Crippen molar-refractivity contribution in [3.63, 3.8) is 0 Å². The highest BCUT2D eigenvalue weighted by atomic mass is 14.4. The smallest absolute Gasteiger partial charge is 0.0107 e. The van der Waals surface area contributed by atoms with Gasteiger partial charge in [0.2, 0.25) is 0 Å². The zero-order chi connectivity index (χ0) is 13.5. The molecular weight excluding hydrogens is 228 g/mol. The molecule has 0 aliphatic heterocycles. The summed E-state index contributed by atoms with van der Waals surface area (Å²) in [4.78, 5) is 0. The van der Waals surface area contributed by atoms with Gasteiger partial charge in [-0.05, 0) is 46.4 Å². The normalized spacial score (nSPS) is 18.4. The van der Waals surface area contributed by atoms with Gasteiger partial charge in [0.15, 0.2) is 0 Å². The Kier molecular flexibility index (Phi) is 2.97. The van der Waals surface area contributed by atoms with Crippen LogP contribution in [0.4, 0.5) is 0 Å². The van der Waals surface area contributed by atoms with Gasteiger partial charge in [-0.1, -0.05) is 69.3 Å². The van der Waals surface area contributed by atoms with E-state index in [-0.39, 0.29) is 0 Å². The van der Waals surface area contributed by atoms with Crippen molar-refractivity contribution in [3.05, 3.63) is 59.7 Å². The van der Waals surface area contributed by atoms with E-state index in [4.69, 9.17) is 0 Å². The van der Waals surface area contributed by atoms with Gasteiger partial charge in [-0.25, -0.2) is 0 Å². The third-order valence-corrected chi connectivity index (χ3v) is 4.40. The average molecular weight is 250 g/mol. The maximum Gasteiger partial charge on any atom is -0.0107 e. The van der Waals surface area contributed by atoms with Gasteiger partial charge in [0.25, 0.3) is 0 Å². The molecule has 1 atom stereocenters. The number of hydrogen-bond donors (Lipinski definition) is 0. The first kappa shape index (κ1) is 12.5. The third kappa shape index (κ3) is 2.20. The van der Waals surface area contributed by atoms with Crippen LogP contribution in [0.5, 0.6) is 0 Å². The number of hydrogen-bond acceptors (Lipinski definition) is 0. The largest absolute Gasteiger partial charge is 0.0622 e. The molecule has 0 heterocycles. The molecule has 0 N–H and O–H groups in total. The van der Waals surface area contributed by atoms with E-state index in [9.17, 15) is 0 Å². The molecule has 0 spiro atoms. The van der Waals surface area contributed by atoms with Gasteiger partial charge in [0, 0.05) is 0 Å². The van der Waals surface area contributed by atoms with Crippen LogP contribution in [0.1, 0.15) is 44.2 Å². The molecule has 1 aliphatic rings. The van der Waals surface area contributed by atoms with Gasteiger partial charge >= 0.3 is 0 Å². The number of rotatable bonds is 1. The van der Waals surface area contributed by atoms with Crippen LogP contribution in [0.3, 0.4) is 0 Å². The zero-order valence-corrected chi connectivity index (χ0v) is 12.1. The van der Waals surface area contributed by atoms with Crippen molar-refractivity contribution in [3.8, 4) is 11.1 Å². The van der Waals surface area contributed by atoms with E-state index in [2.05, 4.69) is 69.3 Å². The summed E-state index contributed by atoms with van der Waals surface area (Å²) in [5.41, 5.74) is 6.31. The number of benzene rings is 2. The Labute approximate surface area is 116 Å². The maximum absolute atomic E-state index is 2.36. The first-order valence-corrected chi connectivity index (χ1v) is 7.24. The van der Waals surface area contributed by atoms with E-state index in [1.165, 1.54) is 24.0 Å². The Bertz CT molecular complexity index is 573. The van der Waals surface area contributed by atoms with Crippen LogP contribution in [0.25, 0.3) is 11.1 Å². The van der Waals surface area contributed by atoms with E-state index >= 15 is 0 Å². The predicted molar refractivity (Wildman–Crippen MR) is 82.4 cm³/mol. The third-order valence-electron chi connectivity index (χ3n) is 4.40. The summed E-state index contributed by atoms with van der Waals surface area (Å²) in [5.74, 6) is 0.700. The second kappa shape index (κ2) is 4.52. The molecule has 2 aromatic rings. The summed E-state index contributed by atoms with van der Waals surface area (Å²) in [6, 6.07) is 17.6. The average Bonchev–Trinajstić information content (AvgIpc) is 2.83. The molecule has 0 radical (unpaired) electrons. The minimum Gasteiger partial charge on any atom is -0.0622 e. The molecule has 0 saturated heterocycles.